The fraction of sp³-hybridized carbons (Fsp3) is 0.286. The Morgan fingerprint density at radius 2 is 1.90 bits per heavy atom. The van der Waals surface area contributed by atoms with Crippen LogP contribution in [0.3, 0.4) is 0 Å². The molecule has 0 bridgehead atoms. The van der Waals surface area contributed by atoms with Gasteiger partial charge in [0.1, 0.15) is 18.1 Å². The van der Waals surface area contributed by atoms with Crippen LogP contribution in [0.4, 0.5) is 5.69 Å². The molecule has 3 rings (SSSR count). The van der Waals surface area contributed by atoms with Crippen LogP contribution in [0.5, 0.6) is 11.5 Å². The highest BCUT2D eigenvalue weighted by molar-refractivity contribution is 7.99. The van der Waals surface area contributed by atoms with Crippen LogP contribution >= 0.6 is 11.8 Å². The first-order valence-corrected chi connectivity index (χ1v) is 10.1. The number of methoxy groups -OCH3 is 1. The number of ether oxygens (including phenoxy) is 2. The van der Waals surface area contributed by atoms with Gasteiger partial charge in [0.2, 0.25) is 5.91 Å². The third-order valence-corrected chi connectivity index (χ3v) is 5.48. The predicted octanol–water partition coefficient (Wildman–Crippen LogP) is 3.75. The molecular weight excluding hydrogens is 388 g/mol. The van der Waals surface area contributed by atoms with E-state index < -0.39 is 0 Å². The third kappa shape index (κ3) is 5.51. The number of nitrogens with zero attached hydrogens (tertiary/aromatic N) is 3. The molecule has 0 aliphatic heterocycles. The van der Waals surface area contributed by atoms with E-state index in [1.54, 1.807) is 7.11 Å². The van der Waals surface area contributed by atoms with Gasteiger partial charge in [0.05, 0.1) is 12.9 Å². The SMILES string of the molecule is COc1cccc(OCc2nnc(SCC(=O)Nc3ccc(C)c(C)c3)n2C)c1. The Labute approximate surface area is 174 Å². The Balaban J connectivity index is 1.53. The number of amides is 1. The van der Waals surface area contributed by atoms with E-state index in [4.69, 9.17) is 9.47 Å². The lowest BCUT2D eigenvalue weighted by Crippen LogP contribution is -2.14. The largest absolute Gasteiger partial charge is 0.497 e. The summed E-state index contributed by atoms with van der Waals surface area (Å²) in [5, 5.41) is 11.9. The van der Waals surface area contributed by atoms with Gasteiger partial charge < -0.3 is 19.4 Å². The molecule has 29 heavy (non-hydrogen) atoms. The molecule has 0 atom stereocenters. The minimum Gasteiger partial charge on any atom is -0.497 e. The Morgan fingerprint density at radius 1 is 1.10 bits per heavy atom. The van der Waals surface area contributed by atoms with Gasteiger partial charge in [-0.1, -0.05) is 23.9 Å². The smallest absolute Gasteiger partial charge is 0.234 e. The molecule has 0 unspecified atom stereocenters. The molecule has 1 N–H and O–H groups in total. The van der Waals surface area contributed by atoms with E-state index >= 15 is 0 Å². The second-order valence-corrected chi connectivity index (χ2v) is 7.50. The maximum Gasteiger partial charge on any atom is 0.234 e. The number of aromatic nitrogens is 3. The normalized spacial score (nSPS) is 10.6. The fourth-order valence-electron chi connectivity index (χ4n) is 2.58. The monoisotopic (exact) mass is 412 g/mol. The maximum absolute atomic E-state index is 12.2. The molecule has 2 aromatic carbocycles. The molecule has 0 radical (unpaired) electrons. The molecule has 0 saturated heterocycles. The molecule has 0 saturated carbocycles. The molecule has 152 valence electrons. The van der Waals surface area contributed by atoms with Crippen molar-refractivity contribution < 1.29 is 14.3 Å². The summed E-state index contributed by atoms with van der Waals surface area (Å²) in [5.41, 5.74) is 3.13. The third-order valence-electron chi connectivity index (χ3n) is 4.46. The Hall–Kier alpha value is -3.00. The standard InChI is InChI=1S/C21H24N4O3S/c1-14-8-9-16(10-15(14)2)22-20(26)13-29-21-24-23-19(25(21)3)12-28-18-7-5-6-17(11-18)27-4/h5-11H,12-13H2,1-4H3,(H,22,26). The van der Waals surface area contributed by atoms with E-state index in [9.17, 15) is 4.79 Å². The number of nitrogens with one attached hydrogen (secondary N) is 1. The quantitative estimate of drug-likeness (QED) is 0.568. The lowest BCUT2D eigenvalue weighted by atomic mass is 10.1. The Morgan fingerprint density at radius 3 is 2.66 bits per heavy atom. The number of carbonyl (C=O) groups excluding carboxylic acids is 1. The van der Waals surface area contributed by atoms with Gasteiger partial charge in [-0.3, -0.25) is 4.79 Å². The van der Waals surface area contributed by atoms with Crippen molar-refractivity contribution >= 4 is 23.4 Å². The van der Waals surface area contributed by atoms with E-state index in [1.807, 2.05) is 67.9 Å². The van der Waals surface area contributed by atoms with Crippen LogP contribution in [-0.4, -0.2) is 33.5 Å². The lowest BCUT2D eigenvalue weighted by Gasteiger charge is -2.08. The van der Waals surface area contributed by atoms with Gasteiger partial charge in [0.25, 0.3) is 0 Å². The zero-order valence-corrected chi connectivity index (χ0v) is 17.7. The molecule has 1 heterocycles. The predicted molar refractivity (Wildman–Crippen MR) is 114 cm³/mol. The molecule has 1 amide bonds. The number of hydrogen-bond acceptors (Lipinski definition) is 6. The molecule has 0 aliphatic rings. The molecule has 0 aliphatic carbocycles. The molecule has 8 heteroatoms. The van der Waals surface area contributed by atoms with Gasteiger partial charge in [-0.15, -0.1) is 10.2 Å². The van der Waals surface area contributed by atoms with Gasteiger partial charge in [0.15, 0.2) is 11.0 Å². The van der Waals surface area contributed by atoms with Crippen molar-refractivity contribution in [3.8, 4) is 11.5 Å². The average Bonchev–Trinajstić information content (AvgIpc) is 3.07. The van der Waals surface area contributed by atoms with Gasteiger partial charge in [-0.25, -0.2) is 0 Å². The summed E-state index contributed by atoms with van der Waals surface area (Å²) >= 11 is 1.33. The van der Waals surface area contributed by atoms with E-state index in [2.05, 4.69) is 15.5 Å². The van der Waals surface area contributed by atoms with Crippen molar-refractivity contribution in [2.75, 3.05) is 18.2 Å². The first-order valence-electron chi connectivity index (χ1n) is 9.11. The van der Waals surface area contributed by atoms with Crippen LogP contribution < -0.4 is 14.8 Å². The van der Waals surface area contributed by atoms with Crippen LogP contribution in [0.15, 0.2) is 47.6 Å². The topological polar surface area (TPSA) is 78.3 Å². The second kappa shape index (κ2) is 9.47. The molecule has 7 nitrogen and oxygen atoms in total. The Kier molecular flexibility index (Phi) is 6.77. The van der Waals surface area contributed by atoms with Crippen molar-refractivity contribution in [1.29, 1.82) is 0 Å². The summed E-state index contributed by atoms with van der Waals surface area (Å²) < 4.78 is 12.8. The summed E-state index contributed by atoms with van der Waals surface area (Å²) in [6.45, 7) is 4.33. The minimum atomic E-state index is -0.0876. The molecule has 0 fully saturated rings. The number of aryl methyl sites for hydroxylation is 2. The highest BCUT2D eigenvalue weighted by atomic mass is 32.2. The number of rotatable bonds is 8. The molecule has 0 spiro atoms. The van der Waals surface area contributed by atoms with Crippen molar-refractivity contribution in [3.63, 3.8) is 0 Å². The fourth-order valence-corrected chi connectivity index (χ4v) is 3.31. The van der Waals surface area contributed by atoms with Gasteiger partial charge in [0, 0.05) is 18.8 Å². The number of anilines is 1. The van der Waals surface area contributed by atoms with E-state index in [0.717, 1.165) is 17.0 Å². The van der Waals surface area contributed by atoms with E-state index in [-0.39, 0.29) is 18.3 Å². The Bertz CT molecular complexity index is 1000. The van der Waals surface area contributed by atoms with Crippen molar-refractivity contribution in [2.24, 2.45) is 7.05 Å². The number of benzene rings is 2. The van der Waals surface area contributed by atoms with Crippen molar-refractivity contribution in [2.45, 2.75) is 25.6 Å². The zero-order chi connectivity index (χ0) is 20.8. The highest BCUT2D eigenvalue weighted by Crippen LogP contribution is 2.21. The number of hydrogen-bond donors (Lipinski definition) is 1. The molecule has 3 aromatic rings. The first-order chi connectivity index (χ1) is 14.0. The minimum absolute atomic E-state index is 0.0876. The summed E-state index contributed by atoms with van der Waals surface area (Å²) in [6.07, 6.45) is 0. The van der Waals surface area contributed by atoms with E-state index in [0.29, 0.717) is 16.7 Å². The van der Waals surface area contributed by atoms with Crippen molar-refractivity contribution in [3.05, 3.63) is 59.4 Å². The van der Waals surface area contributed by atoms with Crippen LogP contribution in [0, 0.1) is 13.8 Å². The molecule has 1 aromatic heterocycles. The number of thioether (sulfide) groups is 1. The number of carbonyl (C=O) groups is 1. The van der Waals surface area contributed by atoms with Gasteiger partial charge in [-0.2, -0.15) is 0 Å². The van der Waals surface area contributed by atoms with Crippen LogP contribution in [0.1, 0.15) is 17.0 Å². The summed E-state index contributed by atoms with van der Waals surface area (Å²) in [6, 6.07) is 13.2. The van der Waals surface area contributed by atoms with Crippen LogP contribution in [0.2, 0.25) is 0 Å². The summed E-state index contributed by atoms with van der Waals surface area (Å²) in [7, 11) is 3.47. The first kappa shape index (κ1) is 20.7. The van der Waals surface area contributed by atoms with Crippen molar-refractivity contribution in [1.82, 2.24) is 14.8 Å². The van der Waals surface area contributed by atoms with E-state index in [1.165, 1.54) is 17.3 Å². The van der Waals surface area contributed by atoms with Gasteiger partial charge >= 0.3 is 0 Å². The zero-order valence-electron chi connectivity index (χ0n) is 16.9. The summed E-state index contributed by atoms with van der Waals surface area (Å²) in [5.74, 6) is 2.25. The van der Waals surface area contributed by atoms with Gasteiger partial charge in [-0.05, 0) is 49.2 Å². The second-order valence-electron chi connectivity index (χ2n) is 6.56. The highest BCUT2D eigenvalue weighted by Gasteiger charge is 2.12. The average molecular weight is 413 g/mol. The van der Waals surface area contributed by atoms with Crippen LogP contribution in [0.25, 0.3) is 0 Å². The maximum atomic E-state index is 12.2. The lowest BCUT2D eigenvalue weighted by molar-refractivity contribution is -0.113. The van der Waals surface area contributed by atoms with Crippen LogP contribution in [-0.2, 0) is 18.4 Å². The summed E-state index contributed by atoms with van der Waals surface area (Å²) in [4.78, 5) is 12.2. The molecular formula is C21H24N4O3S.